The molecule has 2 fully saturated rings. The first-order chi connectivity index (χ1) is 17.7. The molecular formula is C28H37N3O6. The second-order valence-electron chi connectivity index (χ2n) is 10.1. The summed E-state index contributed by atoms with van der Waals surface area (Å²) in [4.78, 5) is 22.6. The van der Waals surface area contributed by atoms with Gasteiger partial charge in [0.2, 0.25) is 5.88 Å². The van der Waals surface area contributed by atoms with E-state index in [0.717, 1.165) is 54.7 Å². The first-order valence-electron chi connectivity index (χ1n) is 12.9. The Bertz CT molecular complexity index is 1160. The van der Waals surface area contributed by atoms with E-state index in [2.05, 4.69) is 10.1 Å². The fourth-order valence-electron chi connectivity index (χ4n) is 4.86. The number of pyridine rings is 1. The summed E-state index contributed by atoms with van der Waals surface area (Å²) in [6, 6.07) is 7.08. The number of aromatic nitrogens is 1. The Morgan fingerprint density at radius 2 is 1.95 bits per heavy atom. The number of benzene rings is 1. The van der Waals surface area contributed by atoms with Gasteiger partial charge in [-0.25, -0.2) is 9.78 Å². The molecule has 4 rings (SSSR count). The van der Waals surface area contributed by atoms with Crippen molar-refractivity contribution in [3.63, 3.8) is 0 Å². The molecule has 200 valence electrons. The first-order valence-corrected chi connectivity index (χ1v) is 12.9. The lowest BCUT2D eigenvalue weighted by atomic mass is 10.0. The minimum absolute atomic E-state index is 0.101. The van der Waals surface area contributed by atoms with E-state index in [-0.39, 0.29) is 11.9 Å². The highest BCUT2D eigenvalue weighted by Crippen LogP contribution is 2.34. The van der Waals surface area contributed by atoms with Crippen molar-refractivity contribution in [2.75, 3.05) is 20.3 Å². The van der Waals surface area contributed by atoms with Crippen LogP contribution in [-0.2, 0) is 20.7 Å². The van der Waals surface area contributed by atoms with Crippen LogP contribution >= 0.6 is 0 Å². The summed E-state index contributed by atoms with van der Waals surface area (Å²) in [5.74, 6) is 0.382. The maximum absolute atomic E-state index is 12.8. The number of amidine groups is 1. The van der Waals surface area contributed by atoms with Gasteiger partial charge in [0.25, 0.3) is 0 Å². The average Bonchev–Trinajstić information content (AvgIpc) is 3.55. The summed E-state index contributed by atoms with van der Waals surface area (Å²) in [6.45, 7) is 8.63. The lowest BCUT2D eigenvalue weighted by Crippen LogP contribution is -2.25. The molecule has 2 aromatic rings. The minimum atomic E-state index is -0.614. The molecule has 9 nitrogen and oxygen atoms in total. The smallest absolute Gasteiger partial charge is 0.366 e. The number of oxime groups is 1. The van der Waals surface area contributed by atoms with Gasteiger partial charge in [-0.1, -0.05) is 24.9 Å². The molecule has 37 heavy (non-hydrogen) atoms. The van der Waals surface area contributed by atoms with Crippen LogP contribution in [0.5, 0.6) is 11.6 Å². The molecule has 0 radical (unpaired) electrons. The topological polar surface area (TPSA) is 114 Å². The highest BCUT2D eigenvalue weighted by Gasteiger charge is 2.33. The van der Waals surface area contributed by atoms with Gasteiger partial charge in [0.1, 0.15) is 18.5 Å². The molecule has 1 aromatic carbocycles. The van der Waals surface area contributed by atoms with Crippen LogP contribution in [0.2, 0.25) is 0 Å². The van der Waals surface area contributed by atoms with Crippen LogP contribution < -0.4 is 15.2 Å². The number of nitrogens with two attached hydrogens (primary N) is 1. The third-order valence-corrected chi connectivity index (χ3v) is 6.78. The number of methoxy groups -OCH3 is 1. The van der Waals surface area contributed by atoms with E-state index < -0.39 is 11.8 Å². The molecule has 1 aromatic heterocycles. The highest BCUT2D eigenvalue weighted by atomic mass is 16.7. The van der Waals surface area contributed by atoms with Crippen LogP contribution in [-0.4, -0.2) is 49.0 Å². The molecular weight excluding hydrogens is 474 g/mol. The van der Waals surface area contributed by atoms with Gasteiger partial charge in [0.15, 0.2) is 11.6 Å². The third-order valence-electron chi connectivity index (χ3n) is 6.78. The molecule has 2 aliphatic rings. The van der Waals surface area contributed by atoms with Crippen molar-refractivity contribution >= 4 is 11.8 Å². The quantitative estimate of drug-likeness (QED) is 0.224. The van der Waals surface area contributed by atoms with Crippen LogP contribution in [0.25, 0.3) is 0 Å². The summed E-state index contributed by atoms with van der Waals surface area (Å²) in [6.07, 6.45) is 5.02. The van der Waals surface area contributed by atoms with Crippen molar-refractivity contribution in [1.82, 2.24) is 4.98 Å². The number of hydrogen-bond acceptors (Lipinski definition) is 8. The summed E-state index contributed by atoms with van der Waals surface area (Å²) in [5.41, 5.74) is 9.91. The van der Waals surface area contributed by atoms with Crippen LogP contribution in [0.1, 0.15) is 85.1 Å². The predicted octanol–water partition coefficient (Wildman–Crippen LogP) is 4.63. The molecule has 0 amide bonds. The van der Waals surface area contributed by atoms with Gasteiger partial charge in [0, 0.05) is 23.2 Å². The lowest BCUT2D eigenvalue weighted by Gasteiger charge is -2.19. The Morgan fingerprint density at radius 3 is 2.59 bits per heavy atom. The lowest BCUT2D eigenvalue weighted by molar-refractivity contribution is -0.141. The van der Waals surface area contributed by atoms with Crippen molar-refractivity contribution in [1.29, 1.82) is 0 Å². The van der Waals surface area contributed by atoms with Gasteiger partial charge in [-0.05, 0) is 69.4 Å². The molecule has 1 aliphatic heterocycles. The molecule has 2 N–H and O–H groups in total. The summed E-state index contributed by atoms with van der Waals surface area (Å²) < 4.78 is 22.9. The molecule has 0 bridgehead atoms. The predicted molar refractivity (Wildman–Crippen MR) is 139 cm³/mol. The summed E-state index contributed by atoms with van der Waals surface area (Å²) in [7, 11) is 1.53. The zero-order valence-corrected chi connectivity index (χ0v) is 22.3. The fraction of sp³-hybridized carbons (Fsp3) is 0.536. The van der Waals surface area contributed by atoms with Crippen molar-refractivity contribution in [2.45, 2.75) is 77.6 Å². The summed E-state index contributed by atoms with van der Waals surface area (Å²) in [5, 5.41) is 3.93. The number of nitrogens with zero attached hydrogens (tertiary/aromatic N) is 2. The van der Waals surface area contributed by atoms with Crippen LogP contribution in [0.15, 0.2) is 29.4 Å². The van der Waals surface area contributed by atoms with Crippen LogP contribution in [0, 0.1) is 6.92 Å². The highest BCUT2D eigenvalue weighted by molar-refractivity contribution is 5.98. The zero-order chi connectivity index (χ0) is 26.6. The van der Waals surface area contributed by atoms with E-state index in [1.54, 1.807) is 12.1 Å². The Labute approximate surface area is 218 Å². The van der Waals surface area contributed by atoms with Gasteiger partial charge < -0.3 is 29.5 Å². The van der Waals surface area contributed by atoms with Crippen molar-refractivity contribution in [3.05, 3.63) is 52.2 Å². The van der Waals surface area contributed by atoms with Gasteiger partial charge in [-0.15, -0.1) is 0 Å². The fourth-order valence-corrected chi connectivity index (χ4v) is 4.86. The van der Waals surface area contributed by atoms with Crippen molar-refractivity contribution in [3.8, 4) is 11.6 Å². The van der Waals surface area contributed by atoms with Gasteiger partial charge in [-0.3, -0.25) is 0 Å². The first kappa shape index (κ1) is 26.9. The standard InChI is InChI=1S/C28H37N3O6/c1-6-18-12-20(11-17(2)25(18)34-15-22-16-35-28(3,4)36-22)26(29)31-37-27(32)21-13-23(19-9-7-8-10-19)30-24(14-21)33-5/h11-14,19,22H,6-10,15-16H2,1-5H3,(H2,29,31)/t22-/m1/s1. The Hall–Kier alpha value is -3.17. The monoisotopic (exact) mass is 511 g/mol. The Morgan fingerprint density at radius 1 is 1.19 bits per heavy atom. The van der Waals surface area contributed by atoms with E-state index in [9.17, 15) is 4.79 Å². The maximum Gasteiger partial charge on any atom is 0.366 e. The van der Waals surface area contributed by atoms with E-state index >= 15 is 0 Å². The van der Waals surface area contributed by atoms with E-state index in [1.807, 2.05) is 39.8 Å². The van der Waals surface area contributed by atoms with Crippen LogP contribution in [0.4, 0.5) is 0 Å². The largest absolute Gasteiger partial charge is 0.490 e. The molecule has 9 heteroatoms. The normalized spacial score (nSPS) is 19.7. The number of rotatable bonds is 9. The SMILES string of the molecule is CCc1cc(C(N)=NOC(=O)c2cc(OC)nc(C3CCCC3)c2)cc(C)c1OC[C@@H]1COC(C)(C)O1. The van der Waals surface area contributed by atoms with Crippen molar-refractivity contribution < 1.29 is 28.6 Å². The number of aryl methyl sites for hydroxylation is 2. The van der Waals surface area contributed by atoms with E-state index in [0.29, 0.717) is 36.1 Å². The maximum atomic E-state index is 12.8. The van der Waals surface area contributed by atoms with E-state index in [4.69, 9.17) is 29.5 Å². The molecule has 0 spiro atoms. The van der Waals surface area contributed by atoms with Gasteiger partial charge in [-0.2, -0.15) is 0 Å². The average molecular weight is 512 g/mol. The Balaban J connectivity index is 1.46. The Kier molecular flexibility index (Phi) is 8.34. The molecule has 1 saturated carbocycles. The number of carbonyl (C=O) groups is 1. The number of ether oxygens (including phenoxy) is 4. The van der Waals surface area contributed by atoms with Gasteiger partial charge >= 0.3 is 5.97 Å². The van der Waals surface area contributed by atoms with Crippen LogP contribution in [0.3, 0.4) is 0 Å². The zero-order valence-electron chi connectivity index (χ0n) is 22.3. The second-order valence-corrected chi connectivity index (χ2v) is 10.1. The molecule has 1 saturated heterocycles. The second kappa shape index (κ2) is 11.5. The molecule has 1 atom stereocenters. The number of hydrogen-bond donors (Lipinski definition) is 1. The third kappa shape index (κ3) is 6.59. The van der Waals surface area contributed by atoms with Crippen molar-refractivity contribution in [2.24, 2.45) is 10.9 Å². The minimum Gasteiger partial charge on any atom is -0.490 e. The van der Waals surface area contributed by atoms with E-state index in [1.165, 1.54) is 7.11 Å². The summed E-state index contributed by atoms with van der Waals surface area (Å²) >= 11 is 0. The van der Waals surface area contributed by atoms with Gasteiger partial charge in [0.05, 0.1) is 19.3 Å². The molecule has 2 heterocycles. The molecule has 0 unspecified atom stereocenters. The number of carbonyl (C=O) groups excluding carboxylic acids is 1. The molecule has 1 aliphatic carbocycles.